The fourth-order valence-electron chi connectivity index (χ4n) is 2.01. The second-order valence-electron chi connectivity index (χ2n) is 4.78. The maximum atomic E-state index is 12.6. The van der Waals surface area contributed by atoms with E-state index in [1.54, 1.807) is 50.4 Å². The molecule has 0 radical (unpaired) electrons. The molecule has 0 aromatic heterocycles. The molecule has 0 bridgehead atoms. The molecule has 20 heavy (non-hydrogen) atoms. The predicted molar refractivity (Wildman–Crippen MR) is 79.8 cm³/mol. The molecule has 0 aliphatic heterocycles. The van der Waals surface area contributed by atoms with Crippen molar-refractivity contribution in [1.29, 1.82) is 0 Å². The first-order valence-electron chi connectivity index (χ1n) is 6.39. The SMILES string of the molecule is COc1cccc(C(C)S(=O)(=O)c2ccc(C)cc2)c1. The fraction of sp³-hybridized carbons (Fsp3) is 0.250. The molecule has 0 spiro atoms. The minimum atomic E-state index is -3.39. The first-order chi connectivity index (χ1) is 9.45. The summed E-state index contributed by atoms with van der Waals surface area (Å²) in [6.07, 6.45) is 0. The highest BCUT2D eigenvalue weighted by Gasteiger charge is 2.24. The largest absolute Gasteiger partial charge is 0.497 e. The van der Waals surface area contributed by atoms with Gasteiger partial charge in [0.15, 0.2) is 9.84 Å². The molecule has 1 unspecified atom stereocenters. The Morgan fingerprint density at radius 2 is 1.70 bits per heavy atom. The van der Waals surface area contributed by atoms with Gasteiger partial charge in [-0.2, -0.15) is 0 Å². The molecule has 0 heterocycles. The maximum Gasteiger partial charge on any atom is 0.185 e. The average molecular weight is 290 g/mol. The predicted octanol–water partition coefficient (Wildman–Crippen LogP) is 3.54. The Morgan fingerprint density at radius 3 is 2.30 bits per heavy atom. The van der Waals surface area contributed by atoms with Gasteiger partial charge in [-0.15, -0.1) is 0 Å². The van der Waals surface area contributed by atoms with E-state index in [1.807, 2.05) is 19.1 Å². The van der Waals surface area contributed by atoms with E-state index in [9.17, 15) is 8.42 Å². The van der Waals surface area contributed by atoms with Crippen LogP contribution in [0.15, 0.2) is 53.4 Å². The lowest BCUT2D eigenvalue weighted by atomic mass is 10.1. The van der Waals surface area contributed by atoms with E-state index >= 15 is 0 Å². The highest BCUT2D eigenvalue weighted by Crippen LogP contribution is 2.30. The number of ether oxygens (including phenoxy) is 1. The zero-order chi connectivity index (χ0) is 14.8. The Hall–Kier alpha value is -1.81. The van der Waals surface area contributed by atoms with Crippen LogP contribution in [-0.4, -0.2) is 15.5 Å². The van der Waals surface area contributed by atoms with Crippen LogP contribution in [0, 0.1) is 6.92 Å². The number of benzene rings is 2. The second kappa shape index (κ2) is 5.67. The van der Waals surface area contributed by atoms with E-state index in [0.717, 1.165) is 11.1 Å². The molecule has 3 nitrogen and oxygen atoms in total. The maximum absolute atomic E-state index is 12.6. The first kappa shape index (κ1) is 14.6. The van der Waals surface area contributed by atoms with E-state index < -0.39 is 15.1 Å². The summed E-state index contributed by atoms with van der Waals surface area (Å²) in [5, 5.41) is -0.611. The molecule has 0 amide bonds. The van der Waals surface area contributed by atoms with Crippen LogP contribution < -0.4 is 4.74 Å². The van der Waals surface area contributed by atoms with E-state index in [-0.39, 0.29) is 0 Å². The Labute approximate surface area is 120 Å². The average Bonchev–Trinajstić information content (AvgIpc) is 2.47. The van der Waals surface area contributed by atoms with Gasteiger partial charge >= 0.3 is 0 Å². The molecule has 0 aliphatic rings. The van der Waals surface area contributed by atoms with Crippen LogP contribution in [0.25, 0.3) is 0 Å². The third-order valence-electron chi connectivity index (χ3n) is 3.38. The zero-order valence-electron chi connectivity index (χ0n) is 11.8. The number of aryl methyl sites for hydroxylation is 1. The monoisotopic (exact) mass is 290 g/mol. The van der Waals surface area contributed by atoms with E-state index in [1.165, 1.54) is 0 Å². The summed E-state index contributed by atoms with van der Waals surface area (Å²) in [4.78, 5) is 0.346. The van der Waals surface area contributed by atoms with Crippen molar-refractivity contribution in [3.63, 3.8) is 0 Å². The molecule has 2 rings (SSSR count). The van der Waals surface area contributed by atoms with Crippen molar-refractivity contribution in [2.24, 2.45) is 0 Å². The highest BCUT2D eigenvalue weighted by molar-refractivity contribution is 7.91. The summed E-state index contributed by atoms with van der Waals surface area (Å²) >= 11 is 0. The number of hydrogen-bond acceptors (Lipinski definition) is 3. The molecule has 106 valence electrons. The molecule has 0 fully saturated rings. The fourth-order valence-corrected chi connectivity index (χ4v) is 3.43. The second-order valence-corrected chi connectivity index (χ2v) is 7.05. The molecule has 2 aromatic rings. The molecular weight excluding hydrogens is 272 g/mol. The standard InChI is InChI=1S/C16H18O3S/c1-12-7-9-16(10-8-12)20(17,18)13(2)14-5-4-6-15(11-14)19-3/h4-11,13H,1-3H3. The highest BCUT2D eigenvalue weighted by atomic mass is 32.2. The summed E-state index contributed by atoms with van der Waals surface area (Å²) < 4.78 is 30.3. The van der Waals surface area contributed by atoms with Crippen molar-refractivity contribution < 1.29 is 13.2 Å². The van der Waals surface area contributed by atoms with Gasteiger partial charge in [0.05, 0.1) is 17.3 Å². The molecule has 0 N–H and O–H groups in total. The van der Waals surface area contributed by atoms with Crippen molar-refractivity contribution in [3.05, 3.63) is 59.7 Å². The quantitative estimate of drug-likeness (QED) is 0.865. The van der Waals surface area contributed by atoms with Crippen LogP contribution in [0.5, 0.6) is 5.75 Å². The summed E-state index contributed by atoms with van der Waals surface area (Å²) in [5.41, 5.74) is 1.77. The first-order valence-corrected chi connectivity index (χ1v) is 7.94. The van der Waals surface area contributed by atoms with Crippen molar-refractivity contribution in [2.45, 2.75) is 24.0 Å². The topological polar surface area (TPSA) is 43.4 Å². The molecule has 0 aliphatic carbocycles. The van der Waals surface area contributed by atoms with Gasteiger partial charge in [0, 0.05) is 0 Å². The number of sulfone groups is 1. The Morgan fingerprint density at radius 1 is 1.05 bits per heavy atom. The summed E-state index contributed by atoms with van der Waals surface area (Å²) in [5.74, 6) is 0.661. The molecular formula is C16H18O3S. The van der Waals surface area contributed by atoms with E-state index in [2.05, 4.69) is 0 Å². The summed E-state index contributed by atoms with van der Waals surface area (Å²) in [6, 6.07) is 14.1. The van der Waals surface area contributed by atoms with Gasteiger partial charge < -0.3 is 4.74 Å². The minimum absolute atomic E-state index is 0.346. The van der Waals surface area contributed by atoms with Crippen LogP contribution in [0.1, 0.15) is 23.3 Å². The van der Waals surface area contributed by atoms with Crippen LogP contribution in [0.2, 0.25) is 0 Å². The van der Waals surface area contributed by atoms with E-state index in [0.29, 0.717) is 10.6 Å². The van der Waals surface area contributed by atoms with E-state index in [4.69, 9.17) is 4.74 Å². The van der Waals surface area contributed by atoms with Gasteiger partial charge in [0.25, 0.3) is 0 Å². The van der Waals surface area contributed by atoms with Crippen molar-refractivity contribution in [3.8, 4) is 5.75 Å². The van der Waals surface area contributed by atoms with Gasteiger partial charge in [0.2, 0.25) is 0 Å². The van der Waals surface area contributed by atoms with Gasteiger partial charge in [-0.05, 0) is 43.7 Å². The van der Waals surface area contributed by atoms with Gasteiger partial charge in [-0.1, -0.05) is 29.8 Å². The Bertz CT molecular complexity index is 688. The van der Waals surface area contributed by atoms with Crippen molar-refractivity contribution >= 4 is 9.84 Å². The molecule has 0 saturated carbocycles. The van der Waals surface area contributed by atoms with Crippen LogP contribution in [0.3, 0.4) is 0 Å². The van der Waals surface area contributed by atoms with Crippen molar-refractivity contribution in [2.75, 3.05) is 7.11 Å². The summed E-state index contributed by atoms with van der Waals surface area (Å²) in [6.45, 7) is 3.63. The molecule has 2 aromatic carbocycles. The number of methoxy groups -OCH3 is 1. The van der Waals surface area contributed by atoms with Gasteiger partial charge in [-0.3, -0.25) is 0 Å². The van der Waals surface area contributed by atoms with Crippen LogP contribution in [-0.2, 0) is 9.84 Å². The number of rotatable bonds is 4. The van der Waals surface area contributed by atoms with Gasteiger partial charge in [0.1, 0.15) is 5.75 Å². The zero-order valence-corrected chi connectivity index (χ0v) is 12.6. The number of hydrogen-bond donors (Lipinski definition) is 0. The third-order valence-corrected chi connectivity index (χ3v) is 5.51. The lowest BCUT2D eigenvalue weighted by Crippen LogP contribution is -2.10. The smallest absolute Gasteiger partial charge is 0.185 e. The van der Waals surface area contributed by atoms with Crippen LogP contribution in [0.4, 0.5) is 0 Å². The molecule has 1 atom stereocenters. The Kier molecular flexibility index (Phi) is 4.14. The third kappa shape index (κ3) is 2.85. The molecule has 4 heteroatoms. The molecule has 0 saturated heterocycles. The van der Waals surface area contributed by atoms with Crippen molar-refractivity contribution in [1.82, 2.24) is 0 Å². The lowest BCUT2D eigenvalue weighted by Gasteiger charge is -2.14. The van der Waals surface area contributed by atoms with Crippen LogP contribution >= 0.6 is 0 Å². The minimum Gasteiger partial charge on any atom is -0.497 e. The Balaban J connectivity index is 2.40. The normalized spacial score (nSPS) is 12.9. The van der Waals surface area contributed by atoms with Gasteiger partial charge in [-0.25, -0.2) is 8.42 Å². The summed E-state index contributed by atoms with van der Waals surface area (Å²) in [7, 11) is -1.82. The lowest BCUT2D eigenvalue weighted by molar-refractivity contribution is 0.414.